The lowest BCUT2D eigenvalue weighted by molar-refractivity contribution is -0.134. The van der Waals surface area contributed by atoms with Crippen molar-refractivity contribution in [1.29, 1.82) is 0 Å². The zero-order valence-corrected chi connectivity index (χ0v) is 17.4. The fraction of sp³-hybridized carbons (Fsp3) is 0.320. The Labute approximate surface area is 173 Å². The molecular weight excluding hydrogens is 360 g/mol. The number of aryl methyl sites for hydroxylation is 1. The fourth-order valence-corrected chi connectivity index (χ4v) is 3.31. The lowest BCUT2D eigenvalue weighted by Gasteiger charge is -2.24. The van der Waals surface area contributed by atoms with E-state index in [2.05, 4.69) is 61.0 Å². The van der Waals surface area contributed by atoms with E-state index in [1.54, 1.807) is 0 Å². The molecule has 0 atom stereocenters. The summed E-state index contributed by atoms with van der Waals surface area (Å²) in [5, 5.41) is 0. The van der Waals surface area contributed by atoms with Crippen LogP contribution in [-0.4, -0.2) is 28.5 Å². The van der Waals surface area contributed by atoms with E-state index in [0.717, 1.165) is 37.4 Å². The van der Waals surface area contributed by atoms with Gasteiger partial charge in [0.2, 0.25) is 0 Å². The Morgan fingerprint density at radius 2 is 1.76 bits per heavy atom. The number of unbranched alkanes of at least 4 members (excludes halogenated alkanes) is 1. The maximum Gasteiger partial charge on any atom is 0.260 e. The summed E-state index contributed by atoms with van der Waals surface area (Å²) < 4.78 is 7.92. The van der Waals surface area contributed by atoms with Gasteiger partial charge in [0.25, 0.3) is 5.91 Å². The second-order valence-corrected chi connectivity index (χ2v) is 7.32. The minimum absolute atomic E-state index is 0.0194. The molecule has 2 aromatic carbocycles. The average molecular weight is 391 g/mol. The van der Waals surface area contributed by atoms with Crippen molar-refractivity contribution in [3.63, 3.8) is 0 Å². The maximum atomic E-state index is 12.9. The number of hydrogen-bond acceptors (Lipinski definition) is 2. The molecule has 0 bridgehead atoms. The molecule has 3 rings (SSSR count). The summed E-state index contributed by atoms with van der Waals surface area (Å²) in [4.78, 5) is 14.8. The van der Waals surface area contributed by atoms with Gasteiger partial charge >= 0.3 is 0 Å². The van der Waals surface area contributed by atoms with Crippen molar-refractivity contribution in [3.05, 3.63) is 89.7 Å². The highest BCUT2D eigenvalue weighted by atomic mass is 16.5. The number of para-hydroxylation sites is 1. The monoisotopic (exact) mass is 390 g/mol. The minimum Gasteiger partial charge on any atom is -0.484 e. The van der Waals surface area contributed by atoms with E-state index in [1.807, 2.05) is 35.2 Å². The number of carbonyl (C=O) groups excluding carboxylic acids is 1. The van der Waals surface area contributed by atoms with Crippen molar-refractivity contribution >= 4 is 5.91 Å². The van der Waals surface area contributed by atoms with E-state index in [9.17, 15) is 4.79 Å². The smallest absolute Gasteiger partial charge is 0.260 e. The molecule has 1 amide bonds. The van der Waals surface area contributed by atoms with Gasteiger partial charge in [0.15, 0.2) is 6.61 Å². The molecular formula is C25H30N2O2. The second kappa shape index (κ2) is 10.5. The van der Waals surface area contributed by atoms with Gasteiger partial charge < -0.3 is 14.2 Å². The van der Waals surface area contributed by atoms with Gasteiger partial charge in [-0.2, -0.15) is 0 Å². The van der Waals surface area contributed by atoms with Gasteiger partial charge in [-0.15, -0.1) is 0 Å². The van der Waals surface area contributed by atoms with Crippen molar-refractivity contribution < 1.29 is 9.53 Å². The zero-order chi connectivity index (χ0) is 20.5. The Kier molecular flexibility index (Phi) is 7.51. The SMILES string of the molecule is CCCCN(Cc1cccn1Cc1ccccc1C)C(=O)COc1ccccc1. The molecule has 0 saturated carbocycles. The number of aromatic nitrogens is 1. The number of carbonyl (C=O) groups is 1. The molecule has 152 valence electrons. The number of rotatable bonds is 10. The van der Waals surface area contributed by atoms with Gasteiger partial charge in [-0.05, 0) is 48.7 Å². The topological polar surface area (TPSA) is 34.5 Å². The quantitative estimate of drug-likeness (QED) is 0.485. The van der Waals surface area contributed by atoms with Crippen LogP contribution in [0.5, 0.6) is 5.75 Å². The summed E-state index contributed by atoms with van der Waals surface area (Å²) in [5.74, 6) is 0.741. The molecule has 3 aromatic rings. The summed E-state index contributed by atoms with van der Waals surface area (Å²) in [6.07, 6.45) is 4.12. The van der Waals surface area contributed by atoms with E-state index in [1.165, 1.54) is 11.1 Å². The summed E-state index contributed by atoms with van der Waals surface area (Å²) >= 11 is 0. The summed E-state index contributed by atoms with van der Waals surface area (Å²) in [6, 6.07) is 22.1. The number of nitrogens with zero attached hydrogens (tertiary/aromatic N) is 2. The Morgan fingerprint density at radius 3 is 2.52 bits per heavy atom. The third kappa shape index (κ3) is 5.98. The highest BCUT2D eigenvalue weighted by Crippen LogP contribution is 2.15. The first kappa shape index (κ1) is 20.7. The number of ether oxygens (including phenoxy) is 1. The van der Waals surface area contributed by atoms with Gasteiger partial charge in [0.05, 0.1) is 6.54 Å². The van der Waals surface area contributed by atoms with Crippen molar-refractivity contribution in [3.8, 4) is 5.75 Å². The molecule has 0 radical (unpaired) electrons. The molecule has 1 aromatic heterocycles. The highest BCUT2D eigenvalue weighted by molar-refractivity contribution is 5.77. The Bertz CT molecular complexity index is 902. The van der Waals surface area contributed by atoms with E-state index in [0.29, 0.717) is 6.54 Å². The average Bonchev–Trinajstić information content (AvgIpc) is 3.18. The molecule has 0 aliphatic carbocycles. The van der Waals surface area contributed by atoms with Crippen LogP contribution in [0.3, 0.4) is 0 Å². The van der Waals surface area contributed by atoms with E-state index in [-0.39, 0.29) is 12.5 Å². The molecule has 1 heterocycles. The first-order valence-corrected chi connectivity index (χ1v) is 10.3. The Balaban J connectivity index is 1.68. The number of hydrogen-bond donors (Lipinski definition) is 0. The molecule has 29 heavy (non-hydrogen) atoms. The molecule has 0 N–H and O–H groups in total. The molecule has 0 unspecified atom stereocenters. The van der Waals surface area contributed by atoms with Crippen LogP contribution in [0.4, 0.5) is 0 Å². The molecule has 0 fully saturated rings. The Hall–Kier alpha value is -3.01. The first-order valence-electron chi connectivity index (χ1n) is 10.3. The number of amides is 1. The predicted molar refractivity (Wildman–Crippen MR) is 117 cm³/mol. The van der Waals surface area contributed by atoms with Gasteiger partial charge in [0.1, 0.15) is 5.75 Å². The zero-order valence-electron chi connectivity index (χ0n) is 17.4. The van der Waals surface area contributed by atoms with Gasteiger partial charge in [-0.3, -0.25) is 4.79 Å². The molecule has 0 spiro atoms. The molecule has 0 aliphatic heterocycles. The van der Waals surface area contributed by atoms with Crippen LogP contribution < -0.4 is 4.74 Å². The normalized spacial score (nSPS) is 10.7. The van der Waals surface area contributed by atoms with Gasteiger partial charge in [0, 0.05) is 25.0 Å². The Morgan fingerprint density at radius 1 is 1.00 bits per heavy atom. The minimum atomic E-state index is 0.0194. The van der Waals surface area contributed by atoms with Gasteiger partial charge in [-0.25, -0.2) is 0 Å². The van der Waals surface area contributed by atoms with Gasteiger partial charge in [-0.1, -0.05) is 55.8 Å². The lowest BCUT2D eigenvalue weighted by atomic mass is 10.1. The van der Waals surface area contributed by atoms with Crippen LogP contribution >= 0.6 is 0 Å². The van der Waals surface area contributed by atoms with Crippen molar-refractivity contribution in [2.45, 2.75) is 39.8 Å². The third-order valence-corrected chi connectivity index (χ3v) is 5.12. The van der Waals surface area contributed by atoms with E-state index in [4.69, 9.17) is 4.74 Å². The standard InChI is InChI=1S/C25H30N2O2/c1-3-4-16-27(25(28)20-29-24-14-6-5-7-15-24)19-23-13-10-17-26(23)18-22-12-9-8-11-21(22)2/h5-15,17H,3-4,16,18-20H2,1-2H3. The summed E-state index contributed by atoms with van der Waals surface area (Å²) in [7, 11) is 0. The van der Waals surface area contributed by atoms with Crippen LogP contribution in [0.2, 0.25) is 0 Å². The van der Waals surface area contributed by atoms with Crippen LogP contribution in [-0.2, 0) is 17.9 Å². The van der Waals surface area contributed by atoms with E-state index >= 15 is 0 Å². The second-order valence-electron chi connectivity index (χ2n) is 7.32. The predicted octanol–water partition coefficient (Wildman–Crippen LogP) is 5.05. The van der Waals surface area contributed by atoms with Crippen molar-refractivity contribution in [1.82, 2.24) is 9.47 Å². The molecule has 0 aliphatic rings. The highest BCUT2D eigenvalue weighted by Gasteiger charge is 2.16. The summed E-state index contributed by atoms with van der Waals surface area (Å²) in [5.41, 5.74) is 3.71. The fourth-order valence-electron chi connectivity index (χ4n) is 3.31. The maximum absolute atomic E-state index is 12.9. The lowest BCUT2D eigenvalue weighted by Crippen LogP contribution is -2.36. The third-order valence-electron chi connectivity index (χ3n) is 5.12. The van der Waals surface area contributed by atoms with Crippen LogP contribution in [0.15, 0.2) is 72.9 Å². The molecule has 0 saturated heterocycles. The number of benzene rings is 2. The first-order chi connectivity index (χ1) is 14.2. The largest absolute Gasteiger partial charge is 0.484 e. The van der Waals surface area contributed by atoms with Crippen molar-refractivity contribution in [2.24, 2.45) is 0 Å². The van der Waals surface area contributed by atoms with Crippen molar-refractivity contribution in [2.75, 3.05) is 13.2 Å². The van der Waals surface area contributed by atoms with Crippen LogP contribution in [0.1, 0.15) is 36.6 Å². The molecule has 4 heteroatoms. The summed E-state index contributed by atoms with van der Waals surface area (Å²) in [6.45, 7) is 6.48. The van der Waals surface area contributed by atoms with Crippen LogP contribution in [0, 0.1) is 6.92 Å². The van der Waals surface area contributed by atoms with Crippen LogP contribution in [0.25, 0.3) is 0 Å². The molecule has 4 nitrogen and oxygen atoms in total. The van der Waals surface area contributed by atoms with E-state index < -0.39 is 0 Å².